The van der Waals surface area contributed by atoms with Gasteiger partial charge in [-0.05, 0) is 31.5 Å². The maximum atomic E-state index is 12.5. The molecule has 0 fully saturated rings. The number of carbonyl (C=O) groups is 1. The number of carbonyl (C=O) groups excluding carboxylic acids is 1. The maximum Gasteiger partial charge on any atom is 0.233 e. The van der Waals surface area contributed by atoms with E-state index in [0.29, 0.717) is 17.5 Å². The van der Waals surface area contributed by atoms with E-state index in [1.165, 1.54) is 17.3 Å². The number of rotatable bonds is 7. The Balaban J connectivity index is 1.65. The molecule has 1 amide bonds. The molecule has 146 valence electrons. The summed E-state index contributed by atoms with van der Waals surface area (Å²) in [6, 6.07) is 11.8. The monoisotopic (exact) mass is 415 g/mol. The van der Waals surface area contributed by atoms with Gasteiger partial charge in [0.15, 0.2) is 11.0 Å². The zero-order valence-electron chi connectivity index (χ0n) is 16.1. The summed E-state index contributed by atoms with van der Waals surface area (Å²) in [4.78, 5) is 18.2. The lowest BCUT2D eigenvalue weighted by Gasteiger charge is -2.17. The van der Waals surface area contributed by atoms with Crippen LogP contribution < -0.4 is 0 Å². The summed E-state index contributed by atoms with van der Waals surface area (Å²) >= 11 is 7.20. The Labute approximate surface area is 173 Å². The molecule has 2 aromatic heterocycles. The van der Waals surface area contributed by atoms with E-state index in [-0.39, 0.29) is 5.91 Å². The van der Waals surface area contributed by atoms with Crippen molar-refractivity contribution in [2.24, 2.45) is 0 Å². The highest BCUT2D eigenvalue weighted by Crippen LogP contribution is 2.24. The minimum absolute atomic E-state index is 0.0164. The standard InChI is InChI=1S/C20H22ClN5OS/c1-4-26-19(16-7-5-6-14(2)10-16)23-24-20(26)28-13-18(27)25(3)12-15-8-9-17(21)22-11-15/h5-11H,4,12-13H2,1-3H3. The molecule has 0 saturated heterocycles. The van der Waals surface area contributed by atoms with Crippen molar-refractivity contribution in [1.82, 2.24) is 24.6 Å². The fourth-order valence-corrected chi connectivity index (χ4v) is 3.83. The average Bonchev–Trinajstić information content (AvgIpc) is 3.10. The number of hydrogen-bond donors (Lipinski definition) is 0. The number of halogens is 1. The third kappa shape index (κ3) is 4.91. The van der Waals surface area contributed by atoms with Gasteiger partial charge in [0.05, 0.1) is 5.75 Å². The molecule has 0 unspecified atom stereocenters. The van der Waals surface area contributed by atoms with Crippen LogP contribution in [0.25, 0.3) is 11.4 Å². The van der Waals surface area contributed by atoms with Crippen molar-refractivity contribution >= 4 is 29.3 Å². The van der Waals surface area contributed by atoms with E-state index < -0.39 is 0 Å². The van der Waals surface area contributed by atoms with E-state index in [9.17, 15) is 4.79 Å². The summed E-state index contributed by atoms with van der Waals surface area (Å²) in [5.41, 5.74) is 3.13. The number of aryl methyl sites for hydroxylation is 1. The topological polar surface area (TPSA) is 63.9 Å². The second kappa shape index (κ2) is 9.21. The normalized spacial score (nSPS) is 10.9. The molecule has 0 N–H and O–H groups in total. The molecular weight excluding hydrogens is 394 g/mol. The third-order valence-electron chi connectivity index (χ3n) is 4.27. The van der Waals surface area contributed by atoms with Crippen LogP contribution in [0.4, 0.5) is 0 Å². The van der Waals surface area contributed by atoms with Gasteiger partial charge in [-0.25, -0.2) is 4.98 Å². The Hall–Kier alpha value is -2.38. The Morgan fingerprint density at radius 3 is 2.75 bits per heavy atom. The number of amides is 1. The van der Waals surface area contributed by atoms with Crippen LogP contribution >= 0.6 is 23.4 Å². The van der Waals surface area contributed by atoms with Crippen LogP contribution in [-0.4, -0.2) is 43.4 Å². The molecular formula is C20H22ClN5OS. The van der Waals surface area contributed by atoms with Gasteiger partial charge in [-0.3, -0.25) is 4.79 Å². The molecule has 0 aliphatic rings. The van der Waals surface area contributed by atoms with E-state index >= 15 is 0 Å². The van der Waals surface area contributed by atoms with Gasteiger partial charge in [0.2, 0.25) is 5.91 Å². The SMILES string of the molecule is CCn1c(SCC(=O)N(C)Cc2ccc(Cl)nc2)nnc1-c1cccc(C)c1. The lowest BCUT2D eigenvalue weighted by Crippen LogP contribution is -2.28. The Morgan fingerprint density at radius 2 is 2.07 bits per heavy atom. The zero-order chi connectivity index (χ0) is 20.1. The number of thioether (sulfide) groups is 1. The van der Waals surface area contributed by atoms with Gasteiger partial charge in [0, 0.05) is 31.9 Å². The summed E-state index contributed by atoms with van der Waals surface area (Å²) in [6.45, 7) is 5.32. The fraction of sp³-hybridized carbons (Fsp3) is 0.300. The van der Waals surface area contributed by atoms with Crippen LogP contribution in [0.2, 0.25) is 5.15 Å². The molecule has 0 bridgehead atoms. The molecule has 0 atom stereocenters. The van der Waals surface area contributed by atoms with E-state index in [1.54, 1.807) is 24.2 Å². The summed E-state index contributed by atoms with van der Waals surface area (Å²) in [5, 5.41) is 9.83. The van der Waals surface area contributed by atoms with Crippen LogP contribution in [0.15, 0.2) is 47.8 Å². The molecule has 0 spiro atoms. The Kier molecular flexibility index (Phi) is 6.70. The lowest BCUT2D eigenvalue weighted by atomic mass is 10.1. The van der Waals surface area contributed by atoms with Crippen LogP contribution in [0, 0.1) is 6.92 Å². The minimum Gasteiger partial charge on any atom is -0.341 e. The molecule has 28 heavy (non-hydrogen) atoms. The molecule has 1 aromatic carbocycles. The molecule has 0 radical (unpaired) electrons. The molecule has 6 nitrogen and oxygen atoms in total. The summed E-state index contributed by atoms with van der Waals surface area (Å²) in [7, 11) is 1.78. The first kappa shape index (κ1) is 20.4. The maximum absolute atomic E-state index is 12.5. The van der Waals surface area contributed by atoms with Gasteiger partial charge in [0.25, 0.3) is 0 Å². The number of hydrogen-bond acceptors (Lipinski definition) is 5. The molecule has 2 heterocycles. The van der Waals surface area contributed by atoms with E-state index in [0.717, 1.165) is 28.7 Å². The summed E-state index contributed by atoms with van der Waals surface area (Å²) in [5.74, 6) is 1.13. The lowest BCUT2D eigenvalue weighted by molar-refractivity contribution is -0.127. The van der Waals surface area contributed by atoms with E-state index in [2.05, 4.69) is 34.2 Å². The second-order valence-corrected chi connectivity index (χ2v) is 7.78. The first-order valence-corrected chi connectivity index (χ1v) is 10.3. The molecule has 3 aromatic rings. The van der Waals surface area contributed by atoms with Crippen LogP contribution in [0.5, 0.6) is 0 Å². The van der Waals surface area contributed by atoms with Gasteiger partial charge < -0.3 is 9.47 Å². The van der Waals surface area contributed by atoms with Crippen LogP contribution in [0.3, 0.4) is 0 Å². The third-order valence-corrected chi connectivity index (χ3v) is 5.44. The fourth-order valence-electron chi connectivity index (χ4n) is 2.78. The molecule has 0 aliphatic carbocycles. The Morgan fingerprint density at radius 1 is 1.25 bits per heavy atom. The second-order valence-electron chi connectivity index (χ2n) is 6.45. The van der Waals surface area contributed by atoms with Gasteiger partial charge in [-0.15, -0.1) is 10.2 Å². The van der Waals surface area contributed by atoms with Gasteiger partial charge >= 0.3 is 0 Å². The quantitative estimate of drug-likeness (QED) is 0.430. The van der Waals surface area contributed by atoms with E-state index in [1.807, 2.05) is 29.7 Å². The number of nitrogens with zero attached hydrogens (tertiary/aromatic N) is 5. The number of pyridine rings is 1. The first-order valence-electron chi connectivity index (χ1n) is 8.95. The van der Waals surface area contributed by atoms with Crippen LogP contribution in [0.1, 0.15) is 18.1 Å². The van der Waals surface area contributed by atoms with Gasteiger partial charge in [-0.1, -0.05) is 53.2 Å². The minimum atomic E-state index is 0.0164. The summed E-state index contributed by atoms with van der Waals surface area (Å²) in [6.07, 6.45) is 1.68. The van der Waals surface area contributed by atoms with Crippen molar-refractivity contribution in [2.45, 2.75) is 32.1 Å². The largest absolute Gasteiger partial charge is 0.341 e. The first-order chi connectivity index (χ1) is 13.5. The molecule has 8 heteroatoms. The van der Waals surface area contributed by atoms with Crippen molar-refractivity contribution in [3.63, 3.8) is 0 Å². The highest BCUT2D eigenvalue weighted by molar-refractivity contribution is 7.99. The van der Waals surface area contributed by atoms with Crippen molar-refractivity contribution in [1.29, 1.82) is 0 Å². The zero-order valence-corrected chi connectivity index (χ0v) is 17.7. The molecule has 3 rings (SSSR count). The Bertz CT molecular complexity index is 957. The predicted octanol–water partition coefficient (Wildman–Crippen LogP) is 4.07. The molecule has 0 aliphatic heterocycles. The van der Waals surface area contributed by atoms with Crippen molar-refractivity contribution < 1.29 is 4.79 Å². The van der Waals surface area contributed by atoms with Crippen molar-refractivity contribution in [3.05, 3.63) is 58.9 Å². The smallest absolute Gasteiger partial charge is 0.233 e. The van der Waals surface area contributed by atoms with E-state index in [4.69, 9.17) is 11.6 Å². The number of aromatic nitrogens is 4. The van der Waals surface area contributed by atoms with Crippen LogP contribution in [-0.2, 0) is 17.9 Å². The highest BCUT2D eigenvalue weighted by atomic mass is 35.5. The number of benzene rings is 1. The molecule has 0 saturated carbocycles. The summed E-state index contributed by atoms with van der Waals surface area (Å²) < 4.78 is 2.04. The van der Waals surface area contributed by atoms with Crippen molar-refractivity contribution in [3.8, 4) is 11.4 Å². The highest BCUT2D eigenvalue weighted by Gasteiger charge is 2.16. The van der Waals surface area contributed by atoms with Gasteiger partial charge in [0.1, 0.15) is 5.15 Å². The predicted molar refractivity (Wildman–Crippen MR) is 112 cm³/mol. The van der Waals surface area contributed by atoms with Gasteiger partial charge in [-0.2, -0.15) is 0 Å². The average molecular weight is 416 g/mol. The van der Waals surface area contributed by atoms with Crippen molar-refractivity contribution in [2.75, 3.05) is 12.8 Å².